The van der Waals surface area contributed by atoms with Gasteiger partial charge in [0.1, 0.15) is 6.61 Å². The lowest BCUT2D eigenvalue weighted by molar-refractivity contribution is -0.398. The molecule has 0 saturated heterocycles. The van der Waals surface area contributed by atoms with Crippen molar-refractivity contribution in [3.8, 4) is 0 Å². The average molecular weight is 422 g/mol. The smallest absolute Gasteiger partial charge is 0.364 e. The van der Waals surface area contributed by atoms with Crippen LogP contribution in [-0.4, -0.2) is 36.7 Å². The Morgan fingerprint density at radius 3 is 1.59 bits per heavy atom. The highest BCUT2D eigenvalue weighted by molar-refractivity contribution is 5.18. The molecule has 0 aliphatic rings. The number of halogens is 12. The van der Waals surface area contributed by atoms with Crippen molar-refractivity contribution in [2.75, 3.05) is 6.61 Å². The first kappa shape index (κ1) is 23.4. The fourth-order valence-corrected chi connectivity index (χ4v) is 1.90. The van der Waals surface area contributed by atoms with Gasteiger partial charge in [0.2, 0.25) is 0 Å². The second kappa shape index (κ2) is 7.40. The molecule has 27 heavy (non-hydrogen) atoms. The van der Waals surface area contributed by atoms with Gasteiger partial charge in [-0.15, -0.1) is 0 Å². The number of ether oxygens (including phenoxy) is 1. The van der Waals surface area contributed by atoms with Crippen LogP contribution < -0.4 is 0 Å². The topological polar surface area (TPSA) is 9.23 Å². The van der Waals surface area contributed by atoms with Crippen molar-refractivity contribution >= 4 is 0 Å². The largest absolute Gasteiger partial charge is 0.460 e. The molecular formula is C14H10F12O. The Morgan fingerprint density at radius 2 is 1.19 bits per heavy atom. The number of hydrogen-bond donors (Lipinski definition) is 0. The van der Waals surface area contributed by atoms with Gasteiger partial charge >= 0.3 is 30.1 Å². The van der Waals surface area contributed by atoms with E-state index in [2.05, 4.69) is 4.74 Å². The summed E-state index contributed by atoms with van der Waals surface area (Å²) in [6, 6.07) is 5.14. The highest BCUT2D eigenvalue weighted by Gasteiger charge is 2.81. The van der Waals surface area contributed by atoms with Gasteiger partial charge in [-0.3, -0.25) is 0 Å². The van der Waals surface area contributed by atoms with E-state index in [-0.39, 0.29) is 0 Å². The maximum absolute atomic E-state index is 13.7. The minimum atomic E-state index is -7.13. The molecule has 0 heterocycles. The zero-order valence-electron chi connectivity index (χ0n) is 12.8. The number of hydrogen-bond acceptors (Lipinski definition) is 1. The van der Waals surface area contributed by atoms with Crippen LogP contribution in [-0.2, 0) is 4.74 Å². The lowest BCUT2D eigenvalue weighted by Crippen LogP contribution is -2.61. The van der Waals surface area contributed by atoms with E-state index in [0.29, 0.717) is 0 Å². The zero-order valence-corrected chi connectivity index (χ0v) is 12.8. The predicted octanol–water partition coefficient (Wildman–Crippen LogP) is 6.16. The molecule has 0 spiro atoms. The minimum Gasteiger partial charge on any atom is -0.364 e. The van der Waals surface area contributed by atoms with Gasteiger partial charge in [-0.2, -0.15) is 52.7 Å². The molecule has 1 unspecified atom stereocenters. The Morgan fingerprint density at radius 1 is 0.704 bits per heavy atom. The Hall–Kier alpha value is -1.66. The number of alkyl halides is 12. The van der Waals surface area contributed by atoms with Crippen molar-refractivity contribution in [2.24, 2.45) is 0 Å². The van der Waals surface area contributed by atoms with E-state index >= 15 is 0 Å². The molecule has 1 atom stereocenters. The summed E-state index contributed by atoms with van der Waals surface area (Å²) in [7, 11) is 0. The molecule has 0 aliphatic heterocycles. The van der Waals surface area contributed by atoms with Gasteiger partial charge in [0.15, 0.2) is 0 Å². The maximum atomic E-state index is 13.7. The van der Waals surface area contributed by atoms with E-state index in [4.69, 9.17) is 0 Å². The molecule has 0 N–H and O–H groups in total. The van der Waals surface area contributed by atoms with Crippen molar-refractivity contribution in [2.45, 2.75) is 42.6 Å². The lowest BCUT2D eigenvalue weighted by atomic mass is 9.95. The molecule has 0 amide bonds. The van der Waals surface area contributed by atoms with Crippen LogP contribution in [0.1, 0.15) is 18.1 Å². The molecule has 0 aromatic heterocycles. The molecule has 13 heteroatoms. The molecule has 1 rings (SSSR count). The van der Waals surface area contributed by atoms with Crippen LogP contribution in [0.15, 0.2) is 30.3 Å². The van der Waals surface area contributed by atoms with E-state index in [1.54, 1.807) is 0 Å². The van der Waals surface area contributed by atoms with Crippen LogP contribution in [0.25, 0.3) is 0 Å². The predicted molar refractivity (Wildman–Crippen MR) is 66.7 cm³/mol. The van der Waals surface area contributed by atoms with E-state index in [9.17, 15) is 52.7 Å². The first-order valence-electron chi connectivity index (χ1n) is 6.86. The summed E-state index contributed by atoms with van der Waals surface area (Å²) in [5.74, 6) is -20.1. The SMILES string of the molecule is FC(F)(F)COC(CC(F)(F)C(F)(F)C(F)(F)C(F)(F)F)c1ccccc1. The molecule has 1 aromatic rings. The van der Waals surface area contributed by atoms with Crippen molar-refractivity contribution in [1.82, 2.24) is 0 Å². The molecule has 0 saturated carbocycles. The van der Waals surface area contributed by atoms with E-state index in [1.807, 2.05) is 0 Å². The lowest BCUT2D eigenvalue weighted by Gasteiger charge is -2.35. The first-order valence-corrected chi connectivity index (χ1v) is 6.86. The van der Waals surface area contributed by atoms with Crippen LogP contribution in [0.4, 0.5) is 52.7 Å². The molecule has 0 aliphatic carbocycles. The molecule has 0 bridgehead atoms. The summed E-state index contributed by atoms with van der Waals surface area (Å²) in [5.41, 5.74) is -0.549. The second-order valence-corrected chi connectivity index (χ2v) is 5.38. The quantitative estimate of drug-likeness (QED) is 0.478. The molecular weight excluding hydrogens is 412 g/mol. The van der Waals surface area contributed by atoms with Crippen molar-refractivity contribution in [1.29, 1.82) is 0 Å². The summed E-state index contributed by atoms with van der Waals surface area (Å²) in [5, 5.41) is 0. The van der Waals surface area contributed by atoms with Gasteiger partial charge in [-0.25, -0.2) is 0 Å². The Labute approximate surface area is 143 Å². The summed E-state index contributed by atoms with van der Waals surface area (Å²) in [6.07, 6.45) is -17.2. The Bertz CT molecular complexity index is 605. The van der Waals surface area contributed by atoms with Gasteiger partial charge < -0.3 is 4.74 Å². The summed E-state index contributed by atoms with van der Waals surface area (Å²) >= 11 is 0. The van der Waals surface area contributed by atoms with Gasteiger partial charge in [0, 0.05) is 6.42 Å². The average Bonchev–Trinajstić information content (AvgIpc) is 2.50. The first-order chi connectivity index (χ1) is 11.9. The van der Waals surface area contributed by atoms with E-state index in [1.165, 1.54) is 6.07 Å². The monoisotopic (exact) mass is 422 g/mol. The van der Waals surface area contributed by atoms with Gasteiger partial charge in [-0.05, 0) is 5.56 Å². The number of benzene rings is 1. The third kappa shape index (κ3) is 5.20. The van der Waals surface area contributed by atoms with Gasteiger partial charge in [0.05, 0.1) is 6.10 Å². The summed E-state index contributed by atoms with van der Waals surface area (Å²) in [4.78, 5) is 0. The third-order valence-electron chi connectivity index (χ3n) is 3.27. The molecule has 0 radical (unpaired) electrons. The molecule has 1 aromatic carbocycles. The zero-order chi connectivity index (χ0) is 21.3. The summed E-state index contributed by atoms with van der Waals surface area (Å²) in [6.45, 7) is -2.22. The standard InChI is InChI=1S/C14H10F12O/c15-10(16,12(20,21)13(22,23)14(24,25)26)6-9(27-7-11(17,18)19)8-4-2-1-3-5-8/h1-5,9H,6-7H2. The fraction of sp³-hybridized carbons (Fsp3) is 0.571. The Balaban J connectivity index is 3.21. The fourth-order valence-electron chi connectivity index (χ4n) is 1.90. The highest BCUT2D eigenvalue weighted by atomic mass is 19.4. The van der Waals surface area contributed by atoms with E-state index in [0.717, 1.165) is 24.3 Å². The van der Waals surface area contributed by atoms with Crippen LogP contribution >= 0.6 is 0 Å². The molecule has 156 valence electrons. The maximum Gasteiger partial charge on any atom is 0.460 e. The van der Waals surface area contributed by atoms with Crippen LogP contribution in [0, 0.1) is 0 Å². The van der Waals surface area contributed by atoms with E-state index < -0.39 is 54.8 Å². The molecule has 0 fully saturated rings. The summed E-state index contributed by atoms with van der Waals surface area (Å²) < 4.78 is 157. The van der Waals surface area contributed by atoms with Gasteiger partial charge in [0.25, 0.3) is 0 Å². The molecule has 1 nitrogen and oxygen atoms in total. The number of rotatable bonds is 7. The third-order valence-corrected chi connectivity index (χ3v) is 3.27. The van der Waals surface area contributed by atoms with Crippen molar-refractivity contribution in [3.63, 3.8) is 0 Å². The second-order valence-electron chi connectivity index (χ2n) is 5.38. The van der Waals surface area contributed by atoms with Crippen LogP contribution in [0.3, 0.4) is 0 Å². The normalized spacial score (nSPS) is 15.7. The highest BCUT2D eigenvalue weighted by Crippen LogP contribution is 2.55. The van der Waals surface area contributed by atoms with Gasteiger partial charge in [-0.1, -0.05) is 30.3 Å². The Kier molecular flexibility index (Phi) is 6.40. The minimum absolute atomic E-state index is 0.549. The van der Waals surface area contributed by atoms with Crippen LogP contribution in [0.5, 0.6) is 0 Å². The van der Waals surface area contributed by atoms with Crippen molar-refractivity contribution < 1.29 is 57.4 Å². The van der Waals surface area contributed by atoms with Crippen LogP contribution in [0.2, 0.25) is 0 Å². The van der Waals surface area contributed by atoms with Crippen molar-refractivity contribution in [3.05, 3.63) is 35.9 Å².